The zero-order valence-corrected chi connectivity index (χ0v) is 20.8. The Hall–Kier alpha value is -4.53. The molecule has 0 radical (unpaired) electrons. The molecule has 0 unspecified atom stereocenters. The van der Waals surface area contributed by atoms with Crippen molar-refractivity contribution in [3.63, 3.8) is 0 Å². The number of benzene rings is 2. The van der Waals surface area contributed by atoms with E-state index >= 15 is 0 Å². The zero-order chi connectivity index (χ0) is 25.5. The molecule has 5 aromatic rings. The molecular weight excluding hydrogens is 468 g/mol. The number of amides is 2. The lowest BCUT2D eigenvalue weighted by Gasteiger charge is -2.26. The molecule has 0 spiro atoms. The topological polar surface area (TPSA) is 97.2 Å². The summed E-state index contributed by atoms with van der Waals surface area (Å²) in [6.07, 6.45) is 4.99. The fraction of sp³-hybridized carbons (Fsp3) is 0.250. The molecule has 2 amide bonds. The van der Waals surface area contributed by atoms with Crippen LogP contribution < -0.4 is 15.0 Å². The summed E-state index contributed by atoms with van der Waals surface area (Å²) >= 11 is 0. The van der Waals surface area contributed by atoms with Crippen molar-refractivity contribution in [2.75, 3.05) is 25.1 Å². The van der Waals surface area contributed by atoms with Gasteiger partial charge in [0, 0.05) is 65.8 Å². The van der Waals surface area contributed by atoms with Crippen molar-refractivity contribution < 1.29 is 14.3 Å². The third-order valence-electron chi connectivity index (χ3n) is 7.04. The Bertz CT molecular complexity index is 1640. The van der Waals surface area contributed by atoms with E-state index in [2.05, 4.69) is 33.2 Å². The second-order valence-electron chi connectivity index (χ2n) is 9.34. The fourth-order valence-corrected chi connectivity index (χ4v) is 5.13. The van der Waals surface area contributed by atoms with Gasteiger partial charge in [0.2, 0.25) is 11.8 Å². The highest BCUT2D eigenvalue weighted by Gasteiger charge is 2.28. The van der Waals surface area contributed by atoms with Crippen LogP contribution in [0.5, 0.6) is 5.75 Å². The van der Waals surface area contributed by atoms with Gasteiger partial charge in [-0.3, -0.25) is 14.5 Å². The molecule has 0 atom stereocenters. The minimum Gasteiger partial charge on any atom is -0.497 e. The quantitative estimate of drug-likeness (QED) is 0.360. The van der Waals surface area contributed by atoms with Gasteiger partial charge in [-0.05, 0) is 36.2 Å². The number of aryl methyl sites for hydroxylation is 2. The third-order valence-corrected chi connectivity index (χ3v) is 7.04. The van der Waals surface area contributed by atoms with Gasteiger partial charge in [-0.2, -0.15) is 5.10 Å². The maximum atomic E-state index is 12.8. The number of fused-ring (bicyclic) bond motifs is 3. The first-order chi connectivity index (χ1) is 18.0. The number of carbonyl (C=O) groups excluding carboxylic acids is 2. The smallest absolute Gasteiger partial charge is 0.240 e. The molecule has 0 aliphatic carbocycles. The summed E-state index contributed by atoms with van der Waals surface area (Å²) in [5, 5.41) is 9.92. The van der Waals surface area contributed by atoms with Crippen molar-refractivity contribution in [1.29, 1.82) is 0 Å². The maximum Gasteiger partial charge on any atom is 0.240 e. The van der Waals surface area contributed by atoms with Gasteiger partial charge in [0.1, 0.15) is 18.1 Å². The van der Waals surface area contributed by atoms with Gasteiger partial charge in [-0.1, -0.05) is 18.2 Å². The first-order valence-electron chi connectivity index (χ1n) is 12.3. The molecule has 1 aliphatic heterocycles. The number of H-pyrrole nitrogens is 1. The Morgan fingerprint density at radius 1 is 1.16 bits per heavy atom. The van der Waals surface area contributed by atoms with Crippen molar-refractivity contribution >= 4 is 39.4 Å². The van der Waals surface area contributed by atoms with Crippen molar-refractivity contribution in [2.24, 2.45) is 7.05 Å². The number of carbonyl (C=O) groups is 2. The summed E-state index contributed by atoms with van der Waals surface area (Å²) in [5.41, 5.74) is 5.04. The van der Waals surface area contributed by atoms with E-state index in [4.69, 9.17) is 9.84 Å². The molecule has 0 saturated heterocycles. The first kappa shape index (κ1) is 22.9. The highest BCUT2D eigenvalue weighted by Crippen LogP contribution is 2.33. The summed E-state index contributed by atoms with van der Waals surface area (Å²) in [6, 6.07) is 16.0. The number of hydrogen-bond donors (Lipinski definition) is 2. The van der Waals surface area contributed by atoms with E-state index in [-0.39, 0.29) is 18.4 Å². The molecule has 1 aliphatic rings. The second-order valence-corrected chi connectivity index (χ2v) is 9.34. The normalized spacial score (nSPS) is 13.4. The summed E-state index contributed by atoms with van der Waals surface area (Å²) < 4.78 is 9.23. The van der Waals surface area contributed by atoms with Crippen LogP contribution in [0.3, 0.4) is 0 Å². The van der Waals surface area contributed by atoms with Gasteiger partial charge in [0.15, 0.2) is 0 Å². The number of ether oxygens (including phenoxy) is 1. The second kappa shape index (κ2) is 9.16. The average molecular weight is 497 g/mol. The van der Waals surface area contributed by atoms with Crippen LogP contribution in [-0.2, 0) is 29.6 Å². The lowest BCUT2D eigenvalue weighted by molar-refractivity contribution is -0.124. The fourth-order valence-electron chi connectivity index (χ4n) is 5.13. The monoisotopic (exact) mass is 496 g/mol. The van der Waals surface area contributed by atoms with E-state index in [1.165, 1.54) is 4.90 Å². The molecule has 6 rings (SSSR count). The van der Waals surface area contributed by atoms with Gasteiger partial charge >= 0.3 is 0 Å². The number of para-hydroxylation sites is 1. The molecule has 0 bridgehead atoms. The van der Waals surface area contributed by atoms with Crippen LogP contribution in [0.4, 0.5) is 5.82 Å². The van der Waals surface area contributed by atoms with Crippen molar-refractivity contribution in [3.05, 3.63) is 66.5 Å². The summed E-state index contributed by atoms with van der Waals surface area (Å²) in [6.45, 7) is 0.924. The zero-order valence-electron chi connectivity index (χ0n) is 20.8. The number of aromatic amines is 1. The Morgan fingerprint density at radius 2 is 2.03 bits per heavy atom. The van der Waals surface area contributed by atoms with Gasteiger partial charge in [0.25, 0.3) is 0 Å². The standard InChI is InChI=1S/C28H28N6O3/c1-32-16-22(20-5-3-4-6-25(20)32)24-14-27-33(28(36)10-12-34(27)31-24)17-26(35)29-11-9-18-15-30-23-8-7-19(37-2)13-21(18)23/h3-8,13-16,30H,9-12,17H2,1-2H3,(H,29,35). The number of nitrogens with zero attached hydrogens (tertiary/aromatic N) is 4. The number of anilines is 1. The number of aromatic nitrogens is 4. The van der Waals surface area contributed by atoms with Crippen molar-refractivity contribution in [1.82, 2.24) is 24.6 Å². The number of rotatable bonds is 7. The van der Waals surface area contributed by atoms with Crippen LogP contribution in [-0.4, -0.2) is 51.3 Å². The minimum absolute atomic E-state index is 0.0405. The SMILES string of the molecule is COc1ccc2[nH]cc(CCNC(=O)CN3C(=O)CCn4nc(-c5cn(C)c6ccccc56)cc43)c2c1. The predicted octanol–water partition coefficient (Wildman–Crippen LogP) is 3.63. The molecule has 9 heteroatoms. The van der Waals surface area contributed by atoms with Crippen molar-refractivity contribution in [2.45, 2.75) is 19.4 Å². The Morgan fingerprint density at radius 3 is 2.89 bits per heavy atom. The largest absolute Gasteiger partial charge is 0.497 e. The van der Waals surface area contributed by atoms with Gasteiger partial charge in [-0.15, -0.1) is 0 Å². The molecule has 9 nitrogen and oxygen atoms in total. The lowest BCUT2D eigenvalue weighted by Crippen LogP contribution is -2.44. The maximum absolute atomic E-state index is 12.8. The van der Waals surface area contributed by atoms with Crippen LogP contribution in [0.15, 0.2) is 60.9 Å². The molecule has 188 valence electrons. The van der Waals surface area contributed by atoms with Crippen molar-refractivity contribution in [3.8, 4) is 17.0 Å². The Balaban J connectivity index is 1.16. The Kier molecular flexibility index (Phi) is 5.67. The van der Waals surface area contributed by atoms with E-state index in [0.29, 0.717) is 31.7 Å². The van der Waals surface area contributed by atoms with E-state index in [1.54, 1.807) is 7.11 Å². The highest BCUT2D eigenvalue weighted by molar-refractivity contribution is 6.00. The average Bonchev–Trinajstić information content (AvgIpc) is 3.61. The van der Waals surface area contributed by atoms with Crippen LogP contribution >= 0.6 is 0 Å². The van der Waals surface area contributed by atoms with E-state index < -0.39 is 0 Å². The van der Waals surface area contributed by atoms with Gasteiger partial charge in [0.05, 0.1) is 19.3 Å². The van der Waals surface area contributed by atoms with Crippen LogP contribution in [0.1, 0.15) is 12.0 Å². The molecule has 3 aromatic heterocycles. The van der Waals surface area contributed by atoms with E-state index in [0.717, 1.165) is 44.4 Å². The number of methoxy groups -OCH3 is 1. The first-order valence-corrected chi connectivity index (χ1v) is 12.3. The van der Waals surface area contributed by atoms with Crippen LogP contribution in [0, 0.1) is 0 Å². The minimum atomic E-state index is -0.202. The summed E-state index contributed by atoms with van der Waals surface area (Å²) in [4.78, 5) is 30.4. The molecule has 0 fully saturated rings. The Labute approximate surface area is 213 Å². The van der Waals surface area contributed by atoms with Gasteiger partial charge < -0.3 is 19.6 Å². The molecule has 37 heavy (non-hydrogen) atoms. The highest BCUT2D eigenvalue weighted by atomic mass is 16.5. The third kappa shape index (κ3) is 4.12. The molecular formula is C28H28N6O3. The van der Waals surface area contributed by atoms with E-state index in [1.807, 2.05) is 54.3 Å². The summed E-state index contributed by atoms with van der Waals surface area (Å²) in [7, 11) is 3.65. The van der Waals surface area contributed by atoms with Gasteiger partial charge in [-0.25, -0.2) is 4.68 Å². The number of hydrogen-bond acceptors (Lipinski definition) is 4. The number of nitrogens with one attached hydrogen (secondary N) is 2. The summed E-state index contributed by atoms with van der Waals surface area (Å²) in [5.74, 6) is 1.17. The van der Waals surface area contributed by atoms with Crippen LogP contribution in [0.25, 0.3) is 33.1 Å². The molecule has 2 N–H and O–H groups in total. The van der Waals surface area contributed by atoms with Crippen LogP contribution in [0.2, 0.25) is 0 Å². The lowest BCUT2D eigenvalue weighted by atomic mass is 10.1. The molecule has 2 aromatic carbocycles. The molecule has 4 heterocycles. The predicted molar refractivity (Wildman–Crippen MR) is 143 cm³/mol. The molecule has 0 saturated carbocycles. The van der Waals surface area contributed by atoms with E-state index in [9.17, 15) is 9.59 Å².